The summed E-state index contributed by atoms with van der Waals surface area (Å²) in [4.78, 5) is 30.8. The van der Waals surface area contributed by atoms with Gasteiger partial charge in [0.05, 0.1) is 11.4 Å². The van der Waals surface area contributed by atoms with Crippen LogP contribution >= 0.6 is 11.3 Å². The van der Waals surface area contributed by atoms with Crippen LogP contribution in [0.4, 0.5) is 16.5 Å². The number of aromatic nitrogens is 1. The third-order valence-corrected chi connectivity index (χ3v) is 5.62. The van der Waals surface area contributed by atoms with Gasteiger partial charge in [-0.05, 0) is 54.6 Å². The summed E-state index contributed by atoms with van der Waals surface area (Å²) in [5.41, 5.74) is 1.50. The van der Waals surface area contributed by atoms with Crippen LogP contribution in [0.25, 0.3) is 6.08 Å². The number of carbonyl (C=O) groups is 2. The molecule has 35 heavy (non-hydrogen) atoms. The Morgan fingerprint density at radius 3 is 2.23 bits per heavy atom. The first-order valence-corrected chi connectivity index (χ1v) is 11.5. The SMILES string of the molecule is CC(=O)N(c1ccccc1)c1nc(/C=C(\C#N)C(=O)Nc2ccc(Oc3ccccc3)cc2)cs1. The minimum Gasteiger partial charge on any atom is -0.457 e. The molecule has 0 unspecified atom stereocenters. The third kappa shape index (κ3) is 5.99. The van der Waals surface area contributed by atoms with E-state index in [1.807, 2.05) is 66.7 Å². The molecule has 4 aromatic rings. The number of hydrogen-bond donors (Lipinski definition) is 1. The number of nitriles is 1. The Balaban J connectivity index is 1.46. The van der Waals surface area contributed by atoms with Gasteiger partial charge in [-0.2, -0.15) is 5.26 Å². The van der Waals surface area contributed by atoms with Gasteiger partial charge in [-0.15, -0.1) is 11.3 Å². The van der Waals surface area contributed by atoms with Crippen LogP contribution in [0.3, 0.4) is 0 Å². The Morgan fingerprint density at radius 2 is 1.60 bits per heavy atom. The fraction of sp³-hybridized carbons (Fsp3) is 0.0370. The van der Waals surface area contributed by atoms with Crippen molar-refractivity contribution in [2.24, 2.45) is 0 Å². The van der Waals surface area contributed by atoms with Crippen LogP contribution in [0.5, 0.6) is 11.5 Å². The topological polar surface area (TPSA) is 95.3 Å². The predicted octanol–water partition coefficient (Wildman–Crippen LogP) is 6.17. The van der Waals surface area contributed by atoms with Crippen LogP contribution in [0.15, 0.2) is 95.9 Å². The van der Waals surface area contributed by atoms with Crippen molar-refractivity contribution in [2.75, 3.05) is 10.2 Å². The monoisotopic (exact) mass is 480 g/mol. The second-order valence-corrected chi connectivity index (χ2v) is 8.14. The third-order valence-electron chi connectivity index (χ3n) is 4.78. The number of nitrogens with one attached hydrogen (secondary N) is 1. The van der Waals surface area contributed by atoms with E-state index < -0.39 is 5.91 Å². The molecule has 1 aromatic heterocycles. The molecule has 1 N–H and O–H groups in total. The van der Waals surface area contributed by atoms with Crippen molar-refractivity contribution in [1.29, 1.82) is 5.26 Å². The lowest BCUT2D eigenvalue weighted by Crippen LogP contribution is -2.22. The molecule has 0 bridgehead atoms. The molecule has 0 saturated carbocycles. The lowest BCUT2D eigenvalue weighted by molar-refractivity contribution is -0.116. The molecule has 0 saturated heterocycles. The Hall–Kier alpha value is -4.74. The van der Waals surface area contributed by atoms with Gasteiger partial charge in [0.1, 0.15) is 23.1 Å². The van der Waals surface area contributed by atoms with Crippen LogP contribution in [0.2, 0.25) is 0 Å². The number of thiazole rings is 1. The van der Waals surface area contributed by atoms with Crippen molar-refractivity contribution < 1.29 is 14.3 Å². The molecule has 3 aromatic carbocycles. The number of rotatable bonds is 7. The number of anilines is 3. The van der Waals surface area contributed by atoms with E-state index in [4.69, 9.17) is 4.74 Å². The maximum atomic E-state index is 12.7. The molecule has 8 heteroatoms. The molecule has 172 valence electrons. The van der Waals surface area contributed by atoms with Gasteiger partial charge in [-0.3, -0.25) is 14.5 Å². The van der Waals surface area contributed by atoms with Gasteiger partial charge in [0, 0.05) is 18.0 Å². The highest BCUT2D eigenvalue weighted by atomic mass is 32.1. The molecule has 1 heterocycles. The van der Waals surface area contributed by atoms with Crippen molar-refractivity contribution in [3.63, 3.8) is 0 Å². The standard InChI is InChI=1S/C27H20N4O3S/c1-19(32)31(23-8-4-2-5-9-23)27-30-22(18-35-27)16-20(17-28)26(33)29-21-12-14-25(15-13-21)34-24-10-6-3-7-11-24/h2-16,18H,1H3,(H,29,33)/b20-16+. The largest absolute Gasteiger partial charge is 0.457 e. The second kappa shape index (κ2) is 10.9. The lowest BCUT2D eigenvalue weighted by Gasteiger charge is -2.17. The normalized spacial score (nSPS) is 10.8. The zero-order valence-electron chi connectivity index (χ0n) is 18.7. The zero-order chi connectivity index (χ0) is 24.6. The summed E-state index contributed by atoms with van der Waals surface area (Å²) in [6, 6.07) is 27.2. The summed E-state index contributed by atoms with van der Waals surface area (Å²) in [6.45, 7) is 1.45. The number of nitrogens with zero attached hydrogens (tertiary/aromatic N) is 3. The first kappa shape index (κ1) is 23.4. The molecule has 0 aliphatic heterocycles. The predicted molar refractivity (Wildman–Crippen MR) is 137 cm³/mol. The quantitative estimate of drug-likeness (QED) is 0.252. The Bertz CT molecular complexity index is 1390. The van der Waals surface area contributed by atoms with Gasteiger partial charge < -0.3 is 10.1 Å². The van der Waals surface area contributed by atoms with E-state index in [0.29, 0.717) is 33.7 Å². The van der Waals surface area contributed by atoms with E-state index in [1.54, 1.807) is 29.6 Å². The number of benzene rings is 3. The summed E-state index contributed by atoms with van der Waals surface area (Å²) >= 11 is 1.25. The Morgan fingerprint density at radius 1 is 0.971 bits per heavy atom. The maximum absolute atomic E-state index is 12.7. The highest BCUT2D eigenvalue weighted by Gasteiger charge is 2.18. The van der Waals surface area contributed by atoms with E-state index in [-0.39, 0.29) is 11.5 Å². The van der Waals surface area contributed by atoms with E-state index in [0.717, 1.165) is 0 Å². The van der Waals surface area contributed by atoms with Crippen molar-refractivity contribution >= 4 is 45.7 Å². The molecule has 0 radical (unpaired) electrons. The summed E-state index contributed by atoms with van der Waals surface area (Å²) in [5, 5.41) is 14.4. The van der Waals surface area contributed by atoms with Crippen LogP contribution in [-0.4, -0.2) is 16.8 Å². The molecular formula is C27H20N4O3S. The summed E-state index contributed by atoms with van der Waals surface area (Å²) < 4.78 is 5.74. The Kier molecular flexibility index (Phi) is 7.31. The van der Waals surface area contributed by atoms with Gasteiger partial charge in [0.25, 0.3) is 5.91 Å². The first-order valence-electron chi connectivity index (χ1n) is 10.6. The average molecular weight is 481 g/mol. The molecule has 0 aliphatic rings. The summed E-state index contributed by atoms with van der Waals surface area (Å²) in [7, 11) is 0. The van der Waals surface area contributed by atoms with E-state index in [2.05, 4.69) is 10.3 Å². The van der Waals surface area contributed by atoms with Crippen LogP contribution in [0, 0.1) is 11.3 Å². The van der Waals surface area contributed by atoms with Crippen molar-refractivity contribution in [1.82, 2.24) is 4.98 Å². The fourth-order valence-corrected chi connectivity index (χ4v) is 4.02. The van der Waals surface area contributed by atoms with Gasteiger partial charge in [0.2, 0.25) is 5.91 Å². The van der Waals surface area contributed by atoms with Crippen LogP contribution in [-0.2, 0) is 9.59 Å². The summed E-state index contributed by atoms with van der Waals surface area (Å²) in [6.07, 6.45) is 1.39. The molecule has 2 amide bonds. The van der Waals surface area contributed by atoms with Crippen molar-refractivity contribution in [3.8, 4) is 17.6 Å². The number of amides is 2. The molecule has 0 aliphatic carbocycles. The lowest BCUT2D eigenvalue weighted by atomic mass is 10.2. The minimum atomic E-state index is -0.565. The van der Waals surface area contributed by atoms with E-state index in [9.17, 15) is 14.9 Å². The molecular weight excluding hydrogens is 460 g/mol. The van der Waals surface area contributed by atoms with Gasteiger partial charge in [-0.25, -0.2) is 4.98 Å². The highest BCUT2D eigenvalue weighted by Crippen LogP contribution is 2.29. The molecule has 7 nitrogen and oxygen atoms in total. The number of ether oxygens (including phenoxy) is 1. The molecule has 0 spiro atoms. The second-order valence-electron chi connectivity index (χ2n) is 7.31. The zero-order valence-corrected chi connectivity index (χ0v) is 19.5. The fourth-order valence-electron chi connectivity index (χ4n) is 3.18. The maximum Gasteiger partial charge on any atom is 0.266 e. The first-order chi connectivity index (χ1) is 17.0. The average Bonchev–Trinajstić information content (AvgIpc) is 3.32. The molecule has 4 rings (SSSR count). The minimum absolute atomic E-state index is 0.111. The van der Waals surface area contributed by atoms with Gasteiger partial charge in [0.15, 0.2) is 5.13 Å². The van der Waals surface area contributed by atoms with Crippen LogP contribution in [0.1, 0.15) is 12.6 Å². The van der Waals surface area contributed by atoms with E-state index >= 15 is 0 Å². The summed E-state index contributed by atoms with van der Waals surface area (Å²) in [5.74, 6) is 0.565. The van der Waals surface area contributed by atoms with Gasteiger partial charge >= 0.3 is 0 Å². The Labute approximate surface area is 206 Å². The number of carbonyl (C=O) groups excluding carboxylic acids is 2. The van der Waals surface area contributed by atoms with Crippen molar-refractivity contribution in [2.45, 2.75) is 6.92 Å². The molecule has 0 atom stereocenters. The smallest absolute Gasteiger partial charge is 0.266 e. The number of hydrogen-bond acceptors (Lipinski definition) is 6. The number of para-hydroxylation sites is 2. The highest BCUT2D eigenvalue weighted by molar-refractivity contribution is 7.14. The van der Waals surface area contributed by atoms with Gasteiger partial charge in [-0.1, -0.05) is 36.4 Å². The van der Waals surface area contributed by atoms with E-state index in [1.165, 1.54) is 29.2 Å². The van der Waals surface area contributed by atoms with Crippen LogP contribution < -0.4 is 15.0 Å². The molecule has 0 fully saturated rings. The van der Waals surface area contributed by atoms with Crippen molar-refractivity contribution in [3.05, 3.63) is 102 Å².